The van der Waals surface area contributed by atoms with E-state index in [2.05, 4.69) is 5.32 Å². The van der Waals surface area contributed by atoms with E-state index >= 15 is 0 Å². The molecule has 3 nitrogen and oxygen atoms in total. The number of halogens is 3. The lowest BCUT2D eigenvalue weighted by atomic mass is 9.76. The van der Waals surface area contributed by atoms with Gasteiger partial charge >= 0.3 is 0 Å². The number of hydrogen-bond acceptors (Lipinski definition) is 2. The highest BCUT2D eigenvalue weighted by Gasteiger charge is 2.37. The zero-order valence-corrected chi connectivity index (χ0v) is 18.5. The topological polar surface area (TPSA) is 32.3 Å². The molecule has 2 aromatic carbocycles. The number of anilines is 2. The summed E-state index contributed by atoms with van der Waals surface area (Å²) in [5.41, 5.74) is 0.404. The van der Waals surface area contributed by atoms with Gasteiger partial charge in [0.15, 0.2) is 11.6 Å². The van der Waals surface area contributed by atoms with Gasteiger partial charge in [-0.25, -0.2) is 13.2 Å². The van der Waals surface area contributed by atoms with E-state index < -0.39 is 17.5 Å². The number of carbonyl (C=O) groups excluding carboxylic acids is 1. The van der Waals surface area contributed by atoms with Crippen LogP contribution in [-0.4, -0.2) is 23.9 Å². The van der Waals surface area contributed by atoms with Gasteiger partial charge in [0.1, 0.15) is 5.82 Å². The Labute approximate surface area is 182 Å². The second-order valence-corrected chi connectivity index (χ2v) is 8.26. The maximum absolute atomic E-state index is 14.5. The van der Waals surface area contributed by atoms with Crippen molar-refractivity contribution in [2.24, 2.45) is 11.8 Å². The van der Waals surface area contributed by atoms with Gasteiger partial charge in [0.25, 0.3) is 5.91 Å². The summed E-state index contributed by atoms with van der Waals surface area (Å²) < 4.78 is 42.6. The SMILES string of the molecule is CC.Cc1ccc(Nc2c(C(=O)N3CC(C4CCCCC4)C3)ccc(F)c2F)c(F)c1. The van der Waals surface area contributed by atoms with Crippen molar-refractivity contribution in [1.29, 1.82) is 0 Å². The third-order valence-corrected chi connectivity index (χ3v) is 6.22. The number of rotatable bonds is 4. The summed E-state index contributed by atoms with van der Waals surface area (Å²) in [6, 6.07) is 6.62. The van der Waals surface area contributed by atoms with Crippen LogP contribution in [0.4, 0.5) is 24.5 Å². The molecule has 31 heavy (non-hydrogen) atoms. The standard InChI is InChI=1S/C23H25F3N2O.C2H6/c1-14-7-10-20(19(25)11-14)27-22-17(8-9-18(24)21(22)26)23(29)28-12-16(13-28)15-5-3-2-4-6-15;1-2/h7-11,15-16,27H,2-6,12-13H2,1H3;1-2H3. The highest BCUT2D eigenvalue weighted by atomic mass is 19.2. The number of carbonyl (C=O) groups is 1. The van der Waals surface area contributed by atoms with Crippen LogP contribution >= 0.6 is 0 Å². The molecule has 1 N–H and O–H groups in total. The van der Waals surface area contributed by atoms with Gasteiger partial charge in [-0.1, -0.05) is 52.0 Å². The van der Waals surface area contributed by atoms with E-state index in [0.717, 1.165) is 6.07 Å². The molecule has 1 aliphatic carbocycles. The zero-order valence-electron chi connectivity index (χ0n) is 18.5. The van der Waals surface area contributed by atoms with E-state index in [0.29, 0.717) is 30.5 Å². The summed E-state index contributed by atoms with van der Waals surface area (Å²) >= 11 is 0. The maximum atomic E-state index is 14.5. The van der Waals surface area contributed by atoms with E-state index in [1.807, 2.05) is 13.8 Å². The smallest absolute Gasteiger partial charge is 0.256 e. The van der Waals surface area contributed by atoms with Crippen LogP contribution in [0.3, 0.4) is 0 Å². The number of likely N-dealkylation sites (tertiary alicyclic amines) is 1. The lowest BCUT2D eigenvalue weighted by Crippen LogP contribution is -2.53. The van der Waals surface area contributed by atoms with E-state index in [4.69, 9.17) is 0 Å². The van der Waals surface area contributed by atoms with Crippen molar-refractivity contribution in [1.82, 2.24) is 4.90 Å². The molecule has 6 heteroatoms. The van der Waals surface area contributed by atoms with Crippen molar-refractivity contribution >= 4 is 17.3 Å². The maximum Gasteiger partial charge on any atom is 0.256 e. The molecule has 2 aromatic rings. The molecule has 1 saturated carbocycles. The van der Waals surface area contributed by atoms with Gasteiger partial charge in [0.05, 0.1) is 16.9 Å². The van der Waals surface area contributed by atoms with Crippen LogP contribution in [0.2, 0.25) is 0 Å². The number of aryl methyl sites for hydroxylation is 1. The van der Waals surface area contributed by atoms with E-state index in [1.54, 1.807) is 17.9 Å². The minimum Gasteiger partial charge on any atom is -0.350 e. The summed E-state index contributed by atoms with van der Waals surface area (Å²) in [5, 5.41) is 2.60. The van der Waals surface area contributed by atoms with Crippen molar-refractivity contribution in [2.75, 3.05) is 18.4 Å². The largest absolute Gasteiger partial charge is 0.350 e. The molecule has 1 saturated heterocycles. The predicted molar refractivity (Wildman–Crippen MR) is 118 cm³/mol. The summed E-state index contributed by atoms with van der Waals surface area (Å²) in [4.78, 5) is 14.6. The minimum atomic E-state index is -1.18. The molecule has 0 spiro atoms. The van der Waals surface area contributed by atoms with Gasteiger partial charge in [-0.2, -0.15) is 0 Å². The van der Waals surface area contributed by atoms with E-state index in [9.17, 15) is 18.0 Å². The van der Waals surface area contributed by atoms with Crippen LogP contribution in [0.5, 0.6) is 0 Å². The molecule has 1 amide bonds. The predicted octanol–water partition coefficient (Wildman–Crippen LogP) is 6.83. The van der Waals surface area contributed by atoms with Crippen LogP contribution in [0.1, 0.15) is 61.9 Å². The first-order valence-electron chi connectivity index (χ1n) is 11.2. The van der Waals surface area contributed by atoms with Crippen molar-refractivity contribution in [2.45, 2.75) is 52.9 Å². The molecule has 168 valence electrons. The highest BCUT2D eigenvalue weighted by molar-refractivity contribution is 6.01. The molecule has 1 heterocycles. The quantitative estimate of drug-likeness (QED) is 0.574. The Morgan fingerprint density at radius 2 is 1.61 bits per heavy atom. The van der Waals surface area contributed by atoms with Crippen LogP contribution in [0.25, 0.3) is 0 Å². The summed E-state index contributed by atoms with van der Waals surface area (Å²) in [6.07, 6.45) is 6.18. The summed E-state index contributed by atoms with van der Waals surface area (Å²) in [6.45, 7) is 7.01. The Morgan fingerprint density at radius 1 is 0.935 bits per heavy atom. The number of benzene rings is 2. The first-order valence-corrected chi connectivity index (χ1v) is 11.2. The Bertz CT molecular complexity index is 919. The van der Waals surface area contributed by atoms with E-state index in [1.165, 1.54) is 50.3 Å². The lowest BCUT2D eigenvalue weighted by molar-refractivity contribution is 0.0305. The first-order chi connectivity index (χ1) is 14.9. The molecule has 0 unspecified atom stereocenters. The fraction of sp³-hybridized carbons (Fsp3) is 0.480. The Kier molecular flexibility index (Phi) is 7.63. The summed E-state index contributed by atoms with van der Waals surface area (Å²) in [5.74, 6) is -2.08. The van der Waals surface area contributed by atoms with Crippen molar-refractivity contribution in [3.05, 3.63) is 58.9 Å². The van der Waals surface area contributed by atoms with Crippen molar-refractivity contribution < 1.29 is 18.0 Å². The number of nitrogens with zero attached hydrogens (tertiary/aromatic N) is 1. The molecule has 0 aromatic heterocycles. The van der Waals surface area contributed by atoms with Crippen molar-refractivity contribution in [3.63, 3.8) is 0 Å². The molecule has 1 aliphatic heterocycles. The first kappa shape index (κ1) is 23.2. The summed E-state index contributed by atoms with van der Waals surface area (Å²) in [7, 11) is 0. The van der Waals surface area contributed by atoms with Gasteiger partial charge in [-0.3, -0.25) is 4.79 Å². The monoisotopic (exact) mass is 432 g/mol. The number of amides is 1. The second-order valence-electron chi connectivity index (χ2n) is 8.26. The Morgan fingerprint density at radius 3 is 2.26 bits per heavy atom. The Hall–Kier alpha value is -2.50. The van der Waals surface area contributed by atoms with Gasteiger partial charge < -0.3 is 10.2 Å². The van der Waals surface area contributed by atoms with Gasteiger partial charge in [0, 0.05) is 13.1 Å². The van der Waals surface area contributed by atoms with Crippen molar-refractivity contribution in [3.8, 4) is 0 Å². The molecule has 2 fully saturated rings. The van der Waals surface area contributed by atoms with Crippen LogP contribution < -0.4 is 5.32 Å². The number of hydrogen-bond donors (Lipinski definition) is 1. The molecule has 0 atom stereocenters. The minimum absolute atomic E-state index is 0.00200. The average molecular weight is 433 g/mol. The molecule has 2 aliphatic rings. The van der Waals surface area contributed by atoms with Crippen LogP contribution in [0.15, 0.2) is 30.3 Å². The fourth-order valence-electron chi connectivity index (χ4n) is 4.46. The fourth-order valence-corrected chi connectivity index (χ4v) is 4.46. The Balaban J connectivity index is 0.00000132. The molecule has 4 rings (SSSR count). The van der Waals surface area contributed by atoms with Crippen LogP contribution in [0, 0.1) is 36.2 Å². The van der Waals surface area contributed by atoms with Crippen LogP contribution in [-0.2, 0) is 0 Å². The van der Waals surface area contributed by atoms with Gasteiger partial charge in [-0.05, 0) is 48.6 Å². The van der Waals surface area contributed by atoms with E-state index in [-0.39, 0.29) is 22.8 Å². The zero-order chi connectivity index (χ0) is 22.5. The average Bonchev–Trinajstić information content (AvgIpc) is 2.74. The molecule has 0 radical (unpaired) electrons. The third-order valence-electron chi connectivity index (χ3n) is 6.22. The molecule has 0 bridgehead atoms. The molecular weight excluding hydrogens is 401 g/mol. The van der Waals surface area contributed by atoms with Gasteiger partial charge in [-0.15, -0.1) is 0 Å². The normalized spacial score (nSPS) is 16.9. The third kappa shape index (κ3) is 5.05. The number of nitrogens with one attached hydrogen (secondary N) is 1. The molecular formula is C25H31F3N2O. The van der Waals surface area contributed by atoms with Gasteiger partial charge in [0.2, 0.25) is 0 Å². The second kappa shape index (κ2) is 10.2. The lowest BCUT2D eigenvalue weighted by Gasteiger charge is -2.45. The highest BCUT2D eigenvalue weighted by Crippen LogP contribution is 2.37.